The molecule has 1 amide bonds. The number of aliphatic hydroxyl groups is 1. The highest BCUT2D eigenvalue weighted by molar-refractivity contribution is 5.77. The van der Waals surface area contributed by atoms with Gasteiger partial charge in [0.1, 0.15) is 6.61 Å². The van der Waals surface area contributed by atoms with Gasteiger partial charge in [-0.05, 0) is 18.5 Å². The molecule has 15 heavy (non-hydrogen) atoms. The molecule has 0 spiro atoms. The number of hydrogen-bond donors (Lipinski definition) is 3. The molecule has 0 radical (unpaired) electrons. The van der Waals surface area contributed by atoms with Crippen LogP contribution in [0.2, 0.25) is 0 Å². The summed E-state index contributed by atoms with van der Waals surface area (Å²) in [5.74, 6) is -0.377. The van der Waals surface area contributed by atoms with Crippen LogP contribution in [-0.4, -0.2) is 24.2 Å². The summed E-state index contributed by atoms with van der Waals surface area (Å²) in [5, 5.41) is 11.4. The molecule has 0 aliphatic carbocycles. The van der Waals surface area contributed by atoms with Gasteiger partial charge in [0.25, 0.3) is 0 Å². The minimum absolute atomic E-state index is 0.115. The zero-order valence-corrected chi connectivity index (χ0v) is 8.52. The van der Waals surface area contributed by atoms with Crippen LogP contribution in [0.3, 0.4) is 0 Å². The van der Waals surface area contributed by atoms with Crippen molar-refractivity contribution in [2.45, 2.75) is 12.5 Å². The first-order valence-corrected chi connectivity index (χ1v) is 4.93. The molecule has 1 rings (SSSR count). The summed E-state index contributed by atoms with van der Waals surface area (Å²) >= 11 is 0. The first-order chi connectivity index (χ1) is 7.27. The fourth-order valence-corrected chi connectivity index (χ4v) is 1.41. The number of benzene rings is 1. The maximum Gasteiger partial charge on any atom is 0.246 e. The fraction of sp³-hybridized carbons (Fsp3) is 0.364. The molecule has 4 nitrogen and oxygen atoms in total. The van der Waals surface area contributed by atoms with Crippen molar-refractivity contribution in [3.8, 4) is 0 Å². The number of aliphatic hydroxyl groups excluding tert-OH is 1. The van der Waals surface area contributed by atoms with E-state index in [2.05, 4.69) is 5.32 Å². The lowest BCUT2D eigenvalue weighted by Crippen LogP contribution is -2.32. The van der Waals surface area contributed by atoms with E-state index in [0.29, 0.717) is 13.0 Å². The van der Waals surface area contributed by atoms with Gasteiger partial charge in [0.15, 0.2) is 0 Å². The van der Waals surface area contributed by atoms with Gasteiger partial charge in [0.05, 0.1) is 6.04 Å². The summed E-state index contributed by atoms with van der Waals surface area (Å²) in [6.45, 7) is -0.000819. The summed E-state index contributed by atoms with van der Waals surface area (Å²) < 4.78 is 0. The lowest BCUT2D eigenvalue weighted by molar-refractivity contribution is -0.124. The summed E-state index contributed by atoms with van der Waals surface area (Å²) in [6, 6.07) is 9.47. The van der Waals surface area contributed by atoms with Crippen molar-refractivity contribution in [3.63, 3.8) is 0 Å². The quantitative estimate of drug-likeness (QED) is 0.646. The minimum atomic E-state index is -0.492. The maximum absolute atomic E-state index is 11.1. The third-order valence-electron chi connectivity index (χ3n) is 2.14. The second-order valence-electron chi connectivity index (χ2n) is 3.27. The van der Waals surface area contributed by atoms with Crippen LogP contribution >= 0.6 is 0 Å². The largest absolute Gasteiger partial charge is 0.387 e. The van der Waals surface area contributed by atoms with E-state index in [1.165, 1.54) is 0 Å². The number of nitrogens with one attached hydrogen (secondary N) is 1. The van der Waals surface area contributed by atoms with E-state index >= 15 is 0 Å². The van der Waals surface area contributed by atoms with Crippen molar-refractivity contribution >= 4 is 5.91 Å². The number of rotatable bonds is 5. The maximum atomic E-state index is 11.1. The van der Waals surface area contributed by atoms with E-state index in [-0.39, 0.29) is 11.9 Å². The molecule has 0 aliphatic rings. The molecule has 0 fully saturated rings. The molecule has 0 saturated heterocycles. The summed E-state index contributed by atoms with van der Waals surface area (Å²) in [6.07, 6.45) is 0.662. The second-order valence-corrected chi connectivity index (χ2v) is 3.27. The van der Waals surface area contributed by atoms with Gasteiger partial charge in [-0.1, -0.05) is 30.3 Å². The van der Waals surface area contributed by atoms with Crippen LogP contribution in [0, 0.1) is 0 Å². The number of nitrogens with two attached hydrogens (primary N) is 1. The van der Waals surface area contributed by atoms with Crippen molar-refractivity contribution in [3.05, 3.63) is 35.9 Å². The smallest absolute Gasteiger partial charge is 0.246 e. The molecular weight excluding hydrogens is 192 g/mol. The van der Waals surface area contributed by atoms with E-state index in [1.54, 1.807) is 0 Å². The average molecular weight is 208 g/mol. The number of carbonyl (C=O) groups excluding carboxylic acids is 1. The van der Waals surface area contributed by atoms with Gasteiger partial charge < -0.3 is 16.2 Å². The number of carbonyl (C=O) groups is 1. The molecule has 4 N–H and O–H groups in total. The Morgan fingerprint density at radius 1 is 1.40 bits per heavy atom. The highest BCUT2D eigenvalue weighted by atomic mass is 16.3. The van der Waals surface area contributed by atoms with Crippen molar-refractivity contribution < 1.29 is 9.90 Å². The topological polar surface area (TPSA) is 75.3 Å². The Morgan fingerprint density at radius 3 is 2.60 bits per heavy atom. The first kappa shape index (κ1) is 11.7. The fourth-order valence-electron chi connectivity index (χ4n) is 1.41. The highest BCUT2D eigenvalue weighted by Gasteiger charge is 2.12. The Kier molecular flexibility index (Phi) is 4.80. The Balaban J connectivity index is 2.70. The third-order valence-corrected chi connectivity index (χ3v) is 2.14. The Morgan fingerprint density at radius 2 is 2.07 bits per heavy atom. The first-order valence-electron chi connectivity index (χ1n) is 4.93. The number of amides is 1. The lowest BCUT2D eigenvalue weighted by atomic mass is 10.0. The highest BCUT2D eigenvalue weighted by Crippen LogP contribution is 2.15. The van der Waals surface area contributed by atoms with E-state index in [4.69, 9.17) is 10.8 Å². The van der Waals surface area contributed by atoms with Crippen molar-refractivity contribution in [1.29, 1.82) is 0 Å². The standard InChI is InChI=1S/C11H16N2O2/c12-7-6-10(13-11(15)8-14)9-4-2-1-3-5-9/h1-5,10,14H,6-8,12H2,(H,13,15)/t10-/m0/s1. The molecule has 82 valence electrons. The molecule has 0 bridgehead atoms. The van der Waals surface area contributed by atoms with Crippen molar-refractivity contribution in [1.82, 2.24) is 5.32 Å². The normalized spacial score (nSPS) is 12.1. The molecule has 0 heterocycles. The molecule has 0 unspecified atom stereocenters. The zero-order valence-electron chi connectivity index (χ0n) is 8.52. The minimum Gasteiger partial charge on any atom is -0.387 e. The molecule has 1 aromatic carbocycles. The molecule has 1 atom stereocenters. The summed E-state index contributed by atoms with van der Waals surface area (Å²) in [5.41, 5.74) is 6.47. The lowest BCUT2D eigenvalue weighted by Gasteiger charge is -2.17. The van der Waals surface area contributed by atoms with Gasteiger partial charge >= 0.3 is 0 Å². The predicted octanol–water partition coefficient (Wildman–Crippen LogP) is 0.185. The van der Waals surface area contributed by atoms with Crippen molar-refractivity contribution in [2.24, 2.45) is 5.73 Å². The molecule has 0 aliphatic heterocycles. The Hall–Kier alpha value is -1.39. The van der Waals surface area contributed by atoms with E-state index < -0.39 is 6.61 Å². The SMILES string of the molecule is NCC[C@H](NC(=O)CO)c1ccccc1. The molecule has 1 aromatic rings. The Labute approximate surface area is 89.1 Å². The van der Waals surface area contributed by atoms with Crippen LogP contribution in [0.25, 0.3) is 0 Å². The monoisotopic (exact) mass is 208 g/mol. The van der Waals surface area contributed by atoms with E-state index in [9.17, 15) is 4.79 Å². The number of hydrogen-bond acceptors (Lipinski definition) is 3. The Bertz CT molecular complexity index is 301. The van der Waals surface area contributed by atoms with Gasteiger partial charge in [-0.25, -0.2) is 0 Å². The summed E-state index contributed by atoms with van der Waals surface area (Å²) in [4.78, 5) is 11.1. The van der Waals surface area contributed by atoms with Gasteiger partial charge in [0, 0.05) is 0 Å². The third kappa shape index (κ3) is 3.69. The van der Waals surface area contributed by atoms with Gasteiger partial charge in [0.2, 0.25) is 5.91 Å². The zero-order chi connectivity index (χ0) is 11.1. The van der Waals surface area contributed by atoms with Crippen molar-refractivity contribution in [2.75, 3.05) is 13.2 Å². The van der Waals surface area contributed by atoms with Crippen LogP contribution in [0.4, 0.5) is 0 Å². The summed E-state index contributed by atoms with van der Waals surface area (Å²) in [7, 11) is 0. The average Bonchev–Trinajstić information content (AvgIpc) is 2.29. The van der Waals surface area contributed by atoms with Gasteiger partial charge in [-0.2, -0.15) is 0 Å². The van der Waals surface area contributed by atoms with Crippen LogP contribution in [0.1, 0.15) is 18.0 Å². The second kappa shape index (κ2) is 6.16. The molecule has 0 saturated carbocycles. The molecular formula is C11H16N2O2. The van der Waals surface area contributed by atoms with Crippen LogP contribution in [0.15, 0.2) is 30.3 Å². The predicted molar refractivity (Wildman–Crippen MR) is 58.1 cm³/mol. The molecule has 0 aromatic heterocycles. The molecule has 4 heteroatoms. The van der Waals surface area contributed by atoms with Crippen LogP contribution < -0.4 is 11.1 Å². The van der Waals surface area contributed by atoms with E-state index in [1.807, 2.05) is 30.3 Å². The van der Waals surface area contributed by atoms with E-state index in [0.717, 1.165) is 5.56 Å². The van der Waals surface area contributed by atoms with Gasteiger partial charge in [-0.15, -0.1) is 0 Å². The van der Waals surface area contributed by atoms with Crippen LogP contribution in [0.5, 0.6) is 0 Å². The van der Waals surface area contributed by atoms with Crippen LogP contribution in [-0.2, 0) is 4.79 Å². The van der Waals surface area contributed by atoms with Gasteiger partial charge in [-0.3, -0.25) is 4.79 Å².